The lowest BCUT2D eigenvalue weighted by Gasteiger charge is -2.15. The normalized spacial score (nSPS) is 12.0. The summed E-state index contributed by atoms with van der Waals surface area (Å²) in [4.78, 5) is 17.1. The van der Waals surface area contributed by atoms with Crippen molar-refractivity contribution in [2.45, 2.75) is 12.3 Å². The molecule has 1 heterocycles. The molecule has 0 bridgehead atoms. The molecule has 2 rings (SSSR count). The van der Waals surface area contributed by atoms with Crippen molar-refractivity contribution in [2.24, 2.45) is 0 Å². The van der Waals surface area contributed by atoms with E-state index in [2.05, 4.69) is 16.5 Å². The van der Waals surface area contributed by atoms with Crippen LogP contribution >= 0.6 is 12.2 Å². The van der Waals surface area contributed by atoms with Crippen molar-refractivity contribution in [2.75, 3.05) is 0 Å². The van der Waals surface area contributed by atoms with Crippen LogP contribution in [0, 0.1) is 4.77 Å². The Labute approximate surface area is 110 Å². The third-order valence-corrected chi connectivity index (χ3v) is 2.97. The van der Waals surface area contributed by atoms with E-state index in [1.54, 1.807) is 6.07 Å². The van der Waals surface area contributed by atoms with E-state index in [1.165, 1.54) is 0 Å². The molecule has 0 amide bonds. The predicted octanol–water partition coefficient (Wildman–Crippen LogP) is 3.14. The highest BCUT2D eigenvalue weighted by atomic mass is 32.1. The van der Waals surface area contributed by atoms with E-state index in [0.717, 1.165) is 17.7 Å². The van der Waals surface area contributed by atoms with Crippen molar-refractivity contribution in [3.05, 3.63) is 75.4 Å². The zero-order valence-corrected chi connectivity index (χ0v) is 10.7. The van der Waals surface area contributed by atoms with Gasteiger partial charge in [-0.3, -0.25) is 9.78 Å². The van der Waals surface area contributed by atoms with Crippen LogP contribution in [0.15, 0.2) is 53.8 Å². The number of allylic oxidation sites excluding steroid dienone is 1. The van der Waals surface area contributed by atoms with Gasteiger partial charge in [0.05, 0.1) is 0 Å². The highest BCUT2D eigenvalue weighted by molar-refractivity contribution is 7.71. The number of rotatable bonds is 4. The minimum Gasteiger partial charge on any atom is -0.335 e. The molecule has 18 heavy (non-hydrogen) atoms. The van der Waals surface area contributed by atoms with Crippen LogP contribution in [0.4, 0.5) is 0 Å². The Bertz CT molecular complexity index is 614. The maximum absolute atomic E-state index is 11.5. The van der Waals surface area contributed by atoms with Crippen molar-refractivity contribution < 1.29 is 0 Å². The number of hydrogen-bond donors (Lipinski definition) is 2. The van der Waals surface area contributed by atoms with Crippen LogP contribution in [0.2, 0.25) is 0 Å². The molecule has 1 unspecified atom stereocenters. The highest BCUT2D eigenvalue weighted by Gasteiger charge is 2.13. The molecule has 0 radical (unpaired) electrons. The third kappa shape index (κ3) is 2.84. The van der Waals surface area contributed by atoms with Gasteiger partial charge in [-0.1, -0.05) is 36.4 Å². The number of nitrogens with one attached hydrogen (secondary N) is 2. The predicted molar refractivity (Wildman–Crippen MR) is 75.3 cm³/mol. The quantitative estimate of drug-likeness (QED) is 0.654. The second-order valence-corrected chi connectivity index (χ2v) is 4.44. The average molecular weight is 258 g/mol. The maximum Gasteiger partial charge on any atom is 0.251 e. The van der Waals surface area contributed by atoms with Crippen LogP contribution < -0.4 is 5.56 Å². The third-order valence-electron chi connectivity index (χ3n) is 2.76. The van der Waals surface area contributed by atoms with Gasteiger partial charge in [0.1, 0.15) is 0 Å². The Hall–Kier alpha value is -1.94. The Balaban J connectivity index is 2.51. The van der Waals surface area contributed by atoms with Gasteiger partial charge in [-0.15, -0.1) is 6.58 Å². The molecule has 2 N–H and O–H groups in total. The fourth-order valence-electron chi connectivity index (χ4n) is 1.97. The number of H-pyrrole nitrogens is 2. The number of hydrogen-bond acceptors (Lipinski definition) is 2. The zero-order valence-electron chi connectivity index (χ0n) is 9.85. The largest absolute Gasteiger partial charge is 0.335 e. The molecule has 1 aromatic carbocycles. The smallest absolute Gasteiger partial charge is 0.251 e. The summed E-state index contributed by atoms with van der Waals surface area (Å²) in [5.41, 5.74) is 1.77. The molecule has 2 aromatic rings. The van der Waals surface area contributed by atoms with Gasteiger partial charge in [0.25, 0.3) is 5.56 Å². The number of aromatic amines is 2. The molecule has 92 valence electrons. The first kappa shape index (κ1) is 12.5. The lowest BCUT2D eigenvalue weighted by atomic mass is 9.92. The van der Waals surface area contributed by atoms with Crippen molar-refractivity contribution in [3.63, 3.8) is 0 Å². The monoisotopic (exact) mass is 258 g/mol. The molecule has 4 heteroatoms. The molecule has 1 aromatic heterocycles. The van der Waals surface area contributed by atoms with E-state index in [-0.39, 0.29) is 11.5 Å². The van der Waals surface area contributed by atoms with Crippen LogP contribution in [0.1, 0.15) is 23.6 Å². The van der Waals surface area contributed by atoms with E-state index in [4.69, 9.17) is 12.2 Å². The van der Waals surface area contributed by atoms with E-state index >= 15 is 0 Å². The summed E-state index contributed by atoms with van der Waals surface area (Å²) in [5.74, 6) is 0.0766. The van der Waals surface area contributed by atoms with Gasteiger partial charge in [-0.25, -0.2) is 0 Å². The van der Waals surface area contributed by atoms with Gasteiger partial charge in [0.15, 0.2) is 4.77 Å². The second kappa shape index (κ2) is 5.60. The zero-order chi connectivity index (χ0) is 13.0. The Morgan fingerprint density at radius 3 is 2.61 bits per heavy atom. The molecule has 0 saturated heterocycles. The van der Waals surface area contributed by atoms with Crippen molar-refractivity contribution >= 4 is 12.2 Å². The molecular weight excluding hydrogens is 244 g/mol. The summed E-state index contributed by atoms with van der Waals surface area (Å²) in [5, 5.41) is 0. The molecule has 3 nitrogen and oxygen atoms in total. The Kier molecular flexibility index (Phi) is 3.89. The van der Waals surface area contributed by atoms with Gasteiger partial charge in [-0.2, -0.15) is 0 Å². The van der Waals surface area contributed by atoms with Gasteiger partial charge in [0.2, 0.25) is 0 Å². The van der Waals surface area contributed by atoms with Crippen LogP contribution in [0.5, 0.6) is 0 Å². The Morgan fingerprint density at radius 1 is 1.28 bits per heavy atom. The summed E-state index contributed by atoms with van der Waals surface area (Å²) in [7, 11) is 0. The van der Waals surface area contributed by atoms with Crippen LogP contribution in [0.3, 0.4) is 0 Å². The molecule has 0 aliphatic rings. The van der Waals surface area contributed by atoms with Gasteiger partial charge in [0, 0.05) is 17.7 Å². The first-order valence-corrected chi connectivity index (χ1v) is 6.11. The lowest BCUT2D eigenvalue weighted by Crippen LogP contribution is -2.12. The maximum atomic E-state index is 11.5. The number of aromatic nitrogens is 2. The topological polar surface area (TPSA) is 48.6 Å². The lowest BCUT2D eigenvalue weighted by molar-refractivity contribution is 0.781. The second-order valence-electron chi connectivity index (χ2n) is 4.03. The van der Waals surface area contributed by atoms with Crippen LogP contribution in [-0.4, -0.2) is 9.97 Å². The molecule has 0 fully saturated rings. The highest BCUT2D eigenvalue weighted by Crippen LogP contribution is 2.25. The molecule has 1 atom stereocenters. The van der Waals surface area contributed by atoms with E-state index in [1.807, 2.05) is 36.4 Å². The average Bonchev–Trinajstić information content (AvgIpc) is 2.36. The fourth-order valence-corrected chi connectivity index (χ4v) is 2.19. The standard InChI is InChI=1S/C14H14N2OS/c1-2-6-11(10-7-4-3-5-8-10)12-9-13(17)16-14(18)15-12/h2-5,7-9,11H,1,6H2,(H2,15,16,17,18). The first-order chi connectivity index (χ1) is 8.70. The summed E-state index contributed by atoms with van der Waals surface area (Å²) in [6.45, 7) is 3.77. The van der Waals surface area contributed by atoms with Crippen molar-refractivity contribution in [1.82, 2.24) is 9.97 Å². The minimum absolute atomic E-state index is 0.0766. The molecular formula is C14H14N2OS. The first-order valence-electron chi connectivity index (χ1n) is 5.70. The molecule has 0 aliphatic heterocycles. The van der Waals surface area contributed by atoms with Gasteiger partial charge < -0.3 is 4.98 Å². The minimum atomic E-state index is -0.182. The van der Waals surface area contributed by atoms with E-state index in [9.17, 15) is 4.79 Å². The summed E-state index contributed by atoms with van der Waals surface area (Å²) >= 11 is 5.00. The van der Waals surface area contributed by atoms with Crippen LogP contribution in [0.25, 0.3) is 0 Å². The van der Waals surface area contributed by atoms with E-state index < -0.39 is 0 Å². The number of benzene rings is 1. The molecule has 0 saturated carbocycles. The van der Waals surface area contributed by atoms with Crippen molar-refractivity contribution in [3.8, 4) is 0 Å². The molecule has 0 spiro atoms. The Morgan fingerprint density at radius 2 is 2.00 bits per heavy atom. The van der Waals surface area contributed by atoms with Gasteiger partial charge >= 0.3 is 0 Å². The summed E-state index contributed by atoms with van der Waals surface area (Å²) in [6, 6.07) is 11.5. The fraction of sp³-hybridized carbons (Fsp3) is 0.143. The SMILES string of the molecule is C=CCC(c1ccccc1)c1cc(=O)[nH]c(=S)[nH]1. The summed E-state index contributed by atoms with van der Waals surface area (Å²) < 4.78 is 0.350. The van der Waals surface area contributed by atoms with Gasteiger partial charge in [-0.05, 0) is 24.2 Å². The summed E-state index contributed by atoms with van der Waals surface area (Å²) in [6.07, 6.45) is 2.59. The molecule has 0 aliphatic carbocycles. The van der Waals surface area contributed by atoms with Crippen molar-refractivity contribution in [1.29, 1.82) is 0 Å². The van der Waals surface area contributed by atoms with Crippen LogP contribution in [-0.2, 0) is 0 Å². The van der Waals surface area contributed by atoms with E-state index in [0.29, 0.717) is 4.77 Å².